The van der Waals surface area contributed by atoms with Gasteiger partial charge in [0.25, 0.3) is 0 Å². The van der Waals surface area contributed by atoms with E-state index in [0.29, 0.717) is 6.42 Å². The molecule has 0 bridgehead atoms. The molecule has 0 rings (SSSR count). The molecule has 0 aromatic heterocycles. The van der Waals surface area contributed by atoms with Crippen LogP contribution in [0, 0.1) is 0 Å². The largest absolute Gasteiger partial charge is 0.480 e. The van der Waals surface area contributed by atoms with Crippen molar-refractivity contribution in [3.05, 3.63) is 0 Å². The predicted octanol–water partition coefficient (Wildman–Crippen LogP) is -0.169. The molecule has 0 saturated heterocycles. The molecule has 0 spiro atoms. The minimum Gasteiger partial charge on any atom is -0.480 e. The van der Waals surface area contributed by atoms with Gasteiger partial charge in [-0.1, -0.05) is 19.8 Å². The fraction of sp³-hybridized carbons (Fsp3) is 0.909. The Balaban J connectivity index is 4.52. The van der Waals surface area contributed by atoms with Crippen LogP contribution < -0.4 is 4.72 Å². The highest BCUT2D eigenvalue weighted by Crippen LogP contribution is 2.05. The first kappa shape index (κ1) is 20.3. The molecule has 0 aromatic rings. The van der Waals surface area contributed by atoms with Gasteiger partial charge in [-0.05, 0) is 12.8 Å². The zero-order valence-electron chi connectivity index (χ0n) is 12.6. The molecule has 0 aromatic carbocycles. The van der Waals surface area contributed by atoms with Crippen molar-refractivity contribution in [3.8, 4) is 0 Å². The number of carboxylic acid groups (broad SMARTS) is 1. The van der Waals surface area contributed by atoms with Crippen LogP contribution in [-0.2, 0) is 24.8 Å². The molecule has 0 radical (unpaired) electrons. The van der Waals surface area contributed by atoms with Crippen molar-refractivity contribution < 1.29 is 26.7 Å². The predicted molar refractivity (Wildman–Crippen MR) is 80.0 cm³/mol. The maximum atomic E-state index is 11.8. The second-order valence-corrected chi connectivity index (χ2v) is 9.10. The molecule has 10 heteroatoms. The van der Waals surface area contributed by atoms with Gasteiger partial charge in [0.1, 0.15) is 6.04 Å². The Morgan fingerprint density at radius 1 is 1.14 bits per heavy atom. The van der Waals surface area contributed by atoms with Crippen LogP contribution in [0.25, 0.3) is 0 Å². The van der Waals surface area contributed by atoms with Gasteiger partial charge in [-0.3, -0.25) is 4.79 Å². The van der Waals surface area contributed by atoms with Crippen LogP contribution >= 0.6 is 0 Å². The van der Waals surface area contributed by atoms with Crippen LogP contribution in [0.4, 0.5) is 0 Å². The van der Waals surface area contributed by atoms with E-state index in [0.717, 1.165) is 10.7 Å². The average molecular weight is 344 g/mol. The van der Waals surface area contributed by atoms with Gasteiger partial charge < -0.3 is 5.11 Å². The summed E-state index contributed by atoms with van der Waals surface area (Å²) in [5, 5.41) is 8.96. The lowest BCUT2D eigenvalue weighted by Crippen LogP contribution is -2.42. The van der Waals surface area contributed by atoms with E-state index >= 15 is 0 Å². The van der Waals surface area contributed by atoms with Gasteiger partial charge in [-0.25, -0.2) is 25.9 Å². The zero-order chi connectivity index (χ0) is 16.7. The normalized spacial score (nSPS) is 14.3. The molecule has 0 saturated carbocycles. The number of hydrogen-bond acceptors (Lipinski definition) is 5. The van der Waals surface area contributed by atoms with Crippen molar-refractivity contribution in [2.45, 2.75) is 38.6 Å². The summed E-state index contributed by atoms with van der Waals surface area (Å²) in [6.45, 7) is 1.87. The summed E-state index contributed by atoms with van der Waals surface area (Å²) < 4.78 is 49.7. The number of carboxylic acids is 1. The first-order valence-corrected chi connectivity index (χ1v) is 9.91. The number of nitrogens with zero attached hydrogens (tertiary/aromatic N) is 1. The van der Waals surface area contributed by atoms with Crippen molar-refractivity contribution in [1.29, 1.82) is 0 Å². The molecule has 21 heavy (non-hydrogen) atoms. The number of unbranched alkanes of at least 4 members (excludes halogenated alkanes) is 1. The molecule has 0 aliphatic rings. The number of hydrogen-bond donors (Lipinski definition) is 2. The molecule has 1 unspecified atom stereocenters. The average Bonchev–Trinajstić information content (AvgIpc) is 2.33. The summed E-state index contributed by atoms with van der Waals surface area (Å²) >= 11 is 0. The highest BCUT2D eigenvalue weighted by Gasteiger charge is 2.24. The molecular weight excluding hydrogens is 320 g/mol. The van der Waals surface area contributed by atoms with Gasteiger partial charge in [0.15, 0.2) is 0 Å². The van der Waals surface area contributed by atoms with E-state index in [2.05, 4.69) is 4.72 Å². The van der Waals surface area contributed by atoms with E-state index in [1.807, 2.05) is 6.92 Å². The van der Waals surface area contributed by atoms with Gasteiger partial charge >= 0.3 is 5.97 Å². The third-order valence-corrected chi connectivity index (χ3v) is 6.22. The number of sulfonamides is 2. The molecule has 0 aliphatic heterocycles. The van der Waals surface area contributed by atoms with Crippen LogP contribution in [0.3, 0.4) is 0 Å². The van der Waals surface area contributed by atoms with Crippen LogP contribution in [0.5, 0.6) is 0 Å². The first-order valence-electron chi connectivity index (χ1n) is 6.65. The number of nitrogens with one attached hydrogen (secondary N) is 1. The van der Waals surface area contributed by atoms with Crippen molar-refractivity contribution in [1.82, 2.24) is 9.03 Å². The second-order valence-electron chi connectivity index (χ2n) is 4.92. The summed E-state index contributed by atoms with van der Waals surface area (Å²) in [4.78, 5) is 11.0. The SMILES string of the molecule is CCCCC(NS(=O)(=O)CCCS(=O)(=O)N(C)C)C(=O)O. The maximum absolute atomic E-state index is 11.8. The van der Waals surface area contributed by atoms with E-state index in [1.165, 1.54) is 14.1 Å². The molecule has 0 heterocycles. The van der Waals surface area contributed by atoms with E-state index in [9.17, 15) is 21.6 Å². The molecule has 0 aliphatic carbocycles. The van der Waals surface area contributed by atoms with E-state index in [4.69, 9.17) is 5.11 Å². The standard InChI is InChI=1S/C11H24N2O6S2/c1-4-5-7-10(11(14)15)12-20(16,17)8-6-9-21(18,19)13(2)3/h10,12H,4-9H2,1-3H3,(H,14,15). The van der Waals surface area contributed by atoms with Gasteiger partial charge in [-0.2, -0.15) is 0 Å². The lowest BCUT2D eigenvalue weighted by atomic mass is 10.1. The van der Waals surface area contributed by atoms with E-state index in [1.54, 1.807) is 0 Å². The summed E-state index contributed by atoms with van der Waals surface area (Å²) in [6.07, 6.45) is 1.47. The molecule has 0 amide bonds. The van der Waals surface area contributed by atoms with Crippen molar-refractivity contribution in [2.75, 3.05) is 25.6 Å². The Labute approximate surface area is 126 Å². The molecular formula is C11H24N2O6S2. The summed E-state index contributed by atoms with van der Waals surface area (Å²) in [5.74, 6) is -1.95. The molecule has 0 fully saturated rings. The zero-order valence-corrected chi connectivity index (χ0v) is 14.2. The van der Waals surface area contributed by atoms with Gasteiger partial charge in [0.2, 0.25) is 20.0 Å². The van der Waals surface area contributed by atoms with Crippen LogP contribution in [0.2, 0.25) is 0 Å². The highest BCUT2D eigenvalue weighted by molar-refractivity contribution is 7.90. The maximum Gasteiger partial charge on any atom is 0.321 e. The third kappa shape index (κ3) is 8.34. The minimum atomic E-state index is -3.82. The minimum absolute atomic E-state index is 0.0873. The monoisotopic (exact) mass is 344 g/mol. The Hall–Kier alpha value is -0.710. The van der Waals surface area contributed by atoms with Crippen molar-refractivity contribution in [3.63, 3.8) is 0 Å². The first-order chi connectivity index (χ1) is 9.52. The third-order valence-electron chi connectivity index (χ3n) is 2.84. The molecule has 8 nitrogen and oxygen atoms in total. The Morgan fingerprint density at radius 3 is 2.14 bits per heavy atom. The summed E-state index contributed by atoms with van der Waals surface area (Å²) in [5.41, 5.74) is 0. The number of rotatable bonds is 11. The van der Waals surface area contributed by atoms with Gasteiger partial charge in [0, 0.05) is 14.1 Å². The smallest absolute Gasteiger partial charge is 0.321 e. The fourth-order valence-electron chi connectivity index (χ4n) is 1.53. The van der Waals surface area contributed by atoms with Crippen LogP contribution in [-0.4, -0.2) is 63.9 Å². The number of aliphatic carboxylic acids is 1. The molecule has 2 N–H and O–H groups in total. The summed E-state index contributed by atoms with van der Waals surface area (Å²) in [7, 11) is -4.54. The lowest BCUT2D eigenvalue weighted by molar-refractivity contribution is -0.139. The van der Waals surface area contributed by atoms with Crippen LogP contribution in [0.1, 0.15) is 32.6 Å². The Bertz CT molecular complexity index is 527. The highest BCUT2D eigenvalue weighted by atomic mass is 32.2. The van der Waals surface area contributed by atoms with Gasteiger partial charge in [-0.15, -0.1) is 0 Å². The lowest BCUT2D eigenvalue weighted by Gasteiger charge is -2.15. The topological polar surface area (TPSA) is 121 Å². The van der Waals surface area contributed by atoms with Crippen molar-refractivity contribution >= 4 is 26.0 Å². The molecule has 1 atom stereocenters. The molecule has 126 valence electrons. The quantitative estimate of drug-likeness (QED) is 0.537. The van der Waals surface area contributed by atoms with Crippen molar-refractivity contribution in [2.24, 2.45) is 0 Å². The number of carbonyl (C=O) groups is 1. The fourth-order valence-corrected chi connectivity index (χ4v) is 3.88. The second kappa shape index (κ2) is 8.66. The Morgan fingerprint density at radius 2 is 1.71 bits per heavy atom. The van der Waals surface area contributed by atoms with E-state index < -0.39 is 37.8 Å². The van der Waals surface area contributed by atoms with Gasteiger partial charge in [0.05, 0.1) is 11.5 Å². The Kier molecular flexibility index (Phi) is 8.37. The van der Waals surface area contributed by atoms with E-state index in [-0.39, 0.29) is 18.6 Å². The summed E-state index contributed by atoms with van der Waals surface area (Å²) in [6, 6.07) is -1.17. The van der Waals surface area contributed by atoms with Crippen LogP contribution in [0.15, 0.2) is 0 Å².